The largest absolute Gasteiger partial charge is 0.461 e. The van der Waals surface area contributed by atoms with E-state index in [4.69, 9.17) is 13.9 Å². The molecule has 116 valence electrons. The van der Waals surface area contributed by atoms with E-state index < -0.39 is 0 Å². The predicted molar refractivity (Wildman–Crippen MR) is 84.8 cm³/mol. The fraction of sp³-hybridized carbons (Fsp3) is 0.167. The number of hydrogen-bond donors (Lipinski definition) is 1. The van der Waals surface area contributed by atoms with Gasteiger partial charge in [-0.2, -0.15) is 0 Å². The van der Waals surface area contributed by atoms with Crippen LogP contribution in [0.4, 0.5) is 0 Å². The van der Waals surface area contributed by atoms with E-state index >= 15 is 0 Å². The summed E-state index contributed by atoms with van der Waals surface area (Å²) in [5.74, 6) is 2.00. The van der Waals surface area contributed by atoms with Gasteiger partial charge < -0.3 is 19.2 Å². The first kappa shape index (κ1) is 13.7. The molecule has 5 heteroatoms. The Hall–Kier alpha value is -2.95. The van der Waals surface area contributed by atoms with Gasteiger partial charge >= 0.3 is 0 Å². The number of rotatable bonds is 4. The third kappa shape index (κ3) is 2.73. The lowest BCUT2D eigenvalue weighted by atomic mass is 10.2. The molecule has 0 saturated carbocycles. The summed E-state index contributed by atoms with van der Waals surface area (Å²) in [6.45, 7) is 0.708. The van der Waals surface area contributed by atoms with E-state index in [1.165, 1.54) is 0 Å². The maximum Gasteiger partial charge on any atom is 0.251 e. The molecule has 0 atom stereocenters. The Morgan fingerprint density at radius 2 is 1.91 bits per heavy atom. The first-order chi connectivity index (χ1) is 11.3. The lowest BCUT2D eigenvalue weighted by molar-refractivity contribution is 0.0953. The molecule has 0 spiro atoms. The number of carbonyl (C=O) groups is 1. The monoisotopic (exact) mass is 309 g/mol. The molecular weight excluding hydrogens is 294 g/mol. The van der Waals surface area contributed by atoms with E-state index in [0.29, 0.717) is 30.0 Å². The zero-order valence-corrected chi connectivity index (χ0v) is 12.4. The van der Waals surface area contributed by atoms with Gasteiger partial charge in [0.25, 0.3) is 5.91 Å². The Bertz CT molecular complexity index is 835. The summed E-state index contributed by atoms with van der Waals surface area (Å²) in [5, 5.41) is 3.96. The molecule has 0 aliphatic carbocycles. The van der Waals surface area contributed by atoms with Crippen molar-refractivity contribution in [2.45, 2.75) is 6.42 Å². The van der Waals surface area contributed by atoms with Gasteiger partial charge in [-0.1, -0.05) is 18.2 Å². The molecule has 1 aliphatic rings. The van der Waals surface area contributed by atoms with Crippen molar-refractivity contribution in [2.75, 3.05) is 13.3 Å². The molecule has 0 radical (unpaired) electrons. The summed E-state index contributed by atoms with van der Waals surface area (Å²) in [6.07, 6.45) is 0.644. The average Bonchev–Trinajstić information content (AvgIpc) is 3.19. The minimum Gasteiger partial charge on any atom is -0.461 e. The van der Waals surface area contributed by atoms with Crippen LogP contribution in [0.1, 0.15) is 16.1 Å². The zero-order valence-electron chi connectivity index (χ0n) is 12.4. The first-order valence-corrected chi connectivity index (χ1v) is 7.45. The minimum absolute atomic E-state index is 0.139. The van der Waals surface area contributed by atoms with E-state index in [-0.39, 0.29) is 12.7 Å². The highest BCUT2D eigenvalue weighted by Crippen LogP contribution is 2.32. The number of amides is 1. The number of furan rings is 1. The van der Waals surface area contributed by atoms with E-state index in [9.17, 15) is 4.79 Å². The highest BCUT2D eigenvalue weighted by molar-refractivity contribution is 5.94. The molecule has 1 aliphatic heterocycles. The van der Waals surface area contributed by atoms with Crippen molar-refractivity contribution in [1.82, 2.24) is 5.32 Å². The van der Waals surface area contributed by atoms with Gasteiger partial charge in [0.2, 0.25) is 6.79 Å². The van der Waals surface area contributed by atoms with Crippen molar-refractivity contribution in [1.29, 1.82) is 0 Å². The van der Waals surface area contributed by atoms with Crippen LogP contribution in [-0.2, 0) is 6.42 Å². The number of benzene rings is 2. The maximum atomic E-state index is 12.2. The SMILES string of the molecule is O=C(NCCc1cc2ccccc2o1)c1ccc2c(c1)OCO2. The summed E-state index contributed by atoms with van der Waals surface area (Å²) in [5.41, 5.74) is 1.42. The van der Waals surface area contributed by atoms with E-state index in [0.717, 1.165) is 16.7 Å². The second-order valence-corrected chi connectivity index (χ2v) is 5.32. The summed E-state index contributed by atoms with van der Waals surface area (Å²) in [4.78, 5) is 12.2. The number of para-hydroxylation sites is 1. The standard InChI is InChI=1S/C18H15NO4/c20-18(13-5-6-16-17(10-13)22-11-21-16)19-8-7-14-9-12-3-1-2-4-15(12)23-14/h1-6,9-10H,7-8,11H2,(H,19,20). The molecule has 1 amide bonds. The van der Waals surface area contributed by atoms with Crippen LogP contribution in [0.15, 0.2) is 52.9 Å². The molecule has 3 aromatic rings. The van der Waals surface area contributed by atoms with Crippen LogP contribution in [0.3, 0.4) is 0 Å². The van der Waals surface area contributed by atoms with Gasteiger partial charge in [-0.15, -0.1) is 0 Å². The average molecular weight is 309 g/mol. The van der Waals surface area contributed by atoms with Crippen molar-refractivity contribution in [3.05, 3.63) is 59.9 Å². The van der Waals surface area contributed by atoms with Crippen molar-refractivity contribution in [2.24, 2.45) is 0 Å². The van der Waals surface area contributed by atoms with Crippen molar-refractivity contribution >= 4 is 16.9 Å². The molecule has 0 fully saturated rings. The van der Waals surface area contributed by atoms with Gasteiger partial charge in [-0.05, 0) is 30.3 Å². The summed E-state index contributed by atoms with van der Waals surface area (Å²) in [7, 11) is 0. The molecule has 1 N–H and O–H groups in total. The number of carbonyl (C=O) groups excluding carboxylic acids is 1. The fourth-order valence-electron chi connectivity index (χ4n) is 2.60. The molecule has 2 heterocycles. The van der Waals surface area contributed by atoms with Gasteiger partial charge in [0.05, 0.1) is 0 Å². The van der Waals surface area contributed by atoms with Crippen LogP contribution < -0.4 is 14.8 Å². The van der Waals surface area contributed by atoms with Crippen molar-refractivity contribution in [3.8, 4) is 11.5 Å². The lowest BCUT2D eigenvalue weighted by Gasteiger charge is -2.05. The summed E-state index contributed by atoms with van der Waals surface area (Å²) < 4.78 is 16.2. The number of ether oxygens (including phenoxy) is 2. The van der Waals surface area contributed by atoms with Crippen LogP contribution in [0.5, 0.6) is 11.5 Å². The normalized spacial score (nSPS) is 12.5. The highest BCUT2D eigenvalue weighted by Gasteiger charge is 2.16. The van der Waals surface area contributed by atoms with Crippen LogP contribution in [0.25, 0.3) is 11.0 Å². The lowest BCUT2D eigenvalue weighted by Crippen LogP contribution is -2.25. The van der Waals surface area contributed by atoms with Crippen LogP contribution >= 0.6 is 0 Å². The smallest absolute Gasteiger partial charge is 0.251 e. The highest BCUT2D eigenvalue weighted by atomic mass is 16.7. The Kier molecular flexibility index (Phi) is 3.38. The topological polar surface area (TPSA) is 60.7 Å². The fourth-order valence-corrected chi connectivity index (χ4v) is 2.60. The van der Waals surface area contributed by atoms with Gasteiger partial charge in [0.1, 0.15) is 11.3 Å². The van der Waals surface area contributed by atoms with Crippen LogP contribution in [0, 0.1) is 0 Å². The molecule has 2 aromatic carbocycles. The Morgan fingerprint density at radius 3 is 2.83 bits per heavy atom. The maximum absolute atomic E-state index is 12.2. The van der Waals surface area contributed by atoms with Crippen LogP contribution in [-0.4, -0.2) is 19.2 Å². The second-order valence-electron chi connectivity index (χ2n) is 5.32. The van der Waals surface area contributed by atoms with Crippen LogP contribution in [0.2, 0.25) is 0 Å². The first-order valence-electron chi connectivity index (χ1n) is 7.45. The van der Waals surface area contributed by atoms with Crippen molar-refractivity contribution in [3.63, 3.8) is 0 Å². The minimum atomic E-state index is -0.139. The molecule has 4 rings (SSSR count). The Balaban J connectivity index is 1.38. The third-order valence-corrected chi connectivity index (χ3v) is 3.77. The van der Waals surface area contributed by atoms with E-state index in [1.807, 2.05) is 30.3 Å². The number of fused-ring (bicyclic) bond motifs is 2. The summed E-state index contributed by atoms with van der Waals surface area (Å²) >= 11 is 0. The Labute approximate surface area is 132 Å². The quantitative estimate of drug-likeness (QED) is 0.804. The van der Waals surface area contributed by atoms with Gasteiger partial charge in [0, 0.05) is 23.9 Å². The molecular formula is C18H15NO4. The molecule has 0 saturated heterocycles. The van der Waals surface area contributed by atoms with E-state index in [2.05, 4.69) is 5.32 Å². The van der Waals surface area contributed by atoms with Gasteiger partial charge in [-0.3, -0.25) is 4.79 Å². The molecule has 0 unspecified atom stereocenters. The molecule has 23 heavy (non-hydrogen) atoms. The number of nitrogens with one attached hydrogen (secondary N) is 1. The Morgan fingerprint density at radius 1 is 1.04 bits per heavy atom. The van der Waals surface area contributed by atoms with Crippen molar-refractivity contribution < 1.29 is 18.7 Å². The molecule has 1 aromatic heterocycles. The second kappa shape index (κ2) is 5.68. The summed E-state index contributed by atoms with van der Waals surface area (Å²) in [6, 6.07) is 15.0. The molecule has 0 bridgehead atoms. The predicted octanol–water partition coefficient (Wildman–Crippen LogP) is 3.13. The molecule has 5 nitrogen and oxygen atoms in total. The van der Waals surface area contributed by atoms with Gasteiger partial charge in [0.15, 0.2) is 11.5 Å². The third-order valence-electron chi connectivity index (χ3n) is 3.77. The van der Waals surface area contributed by atoms with Gasteiger partial charge in [-0.25, -0.2) is 0 Å². The zero-order chi connectivity index (χ0) is 15.6. The number of hydrogen-bond acceptors (Lipinski definition) is 4. The van der Waals surface area contributed by atoms with E-state index in [1.54, 1.807) is 18.2 Å².